The van der Waals surface area contributed by atoms with Crippen molar-refractivity contribution < 1.29 is 28.6 Å². The van der Waals surface area contributed by atoms with Crippen LogP contribution < -0.4 is 9.80 Å². The molecule has 0 aromatic heterocycles. The summed E-state index contributed by atoms with van der Waals surface area (Å²) in [4.78, 5) is 45.4. The third-order valence-corrected chi connectivity index (χ3v) is 9.60. The van der Waals surface area contributed by atoms with E-state index in [9.17, 15) is 19.5 Å². The lowest BCUT2D eigenvalue weighted by Crippen LogP contribution is -2.45. The lowest BCUT2D eigenvalue weighted by Gasteiger charge is -2.33. The summed E-state index contributed by atoms with van der Waals surface area (Å²) < 4.78 is 22.8. The predicted molar refractivity (Wildman–Crippen MR) is 169 cm³/mol. The van der Waals surface area contributed by atoms with Crippen LogP contribution in [0.3, 0.4) is 0 Å². The topological polar surface area (TPSA) is 90.4 Å². The van der Waals surface area contributed by atoms with Gasteiger partial charge in [0.15, 0.2) is 5.60 Å². The summed E-state index contributed by atoms with van der Waals surface area (Å²) in [5.74, 6) is -1.83. The maximum atomic E-state index is 16.1. The van der Waals surface area contributed by atoms with E-state index in [1.165, 1.54) is 13.8 Å². The summed E-state index contributed by atoms with van der Waals surface area (Å²) >= 11 is 0. The molecule has 3 aliphatic rings. The minimum atomic E-state index is -1.75. The van der Waals surface area contributed by atoms with E-state index in [-0.39, 0.29) is 43.8 Å². The molecule has 3 aromatic carbocycles. The lowest BCUT2D eigenvalue weighted by atomic mass is 9.71. The molecule has 4 atom stereocenters. The van der Waals surface area contributed by atoms with Gasteiger partial charge in [0.1, 0.15) is 5.67 Å². The van der Waals surface area contributed by atoms with Crippen LogP contribution in [-0.4, -0.2) is 59.2 Å². The number of carbonyl (C=O) groups is 3. The number of hydrogen-bond donors (Lipinski definition) is 1. The SMILES string of the molecule is C[C@@H]1[C@@H](C(C)(C)F)[C@H](CC(=O)N(CCO)Cc2ccccc2)O[C@@]12C(=O)N(Cc1cccc(N3CCC3=O)c1)c1ccccc12. The van der Waals surface area contributed by atoms with Crippen LogP contribution in [0.1, 0.15) is 50.3 Å². The second-order valence-electron chi connectivity index (χ2n) is 12.9. The van der Waals surface area contributed by atoms with Gasteiger partial charge < -0.3 is 24.5 Å². The monoisotopic (exact) mass is 613 g/mol. The van der Waals surface area contributed by atoms with Gasteiger partial charge in [-0.1, -0.05) is 67.6 Å². The number of anilines is 2. The summed E-state index contributed by atoms with van der Waals surface area (Å²) in [6.45, 7) is 5.94. The standard InChI is InChI=1S/C36H40FN3O5/c1-24-33(35(2,3)37)30(21-32(43)38(18-19-41)22-25-10-5-4-6-11-25)45-36(24)28-14-7-8-15-29(28)40(34(36)44)23-26-12-9-13-27(20-26)39-17-16-31(39)42/h4-15,20,24,30,33,41H,16-19,21-23H2,1-3H3/t24-,30+,33-,36+/m1/s1. The van der Waals surface area contributed by atoms with E-state index in [1.807, 2.05) is 85.8 Å². The summed E-state index contributed by atoms with van der Waals surface area (Å²) in [7, 11) is 0. The summed E-state index contributed by atoms with van der Waals surface area (Å²) in [5, 5.41) is 9.73. The number of hydrogen-bond acceptors (Lipinski definition) is 5. The van der Waals surface area contributed by atoms with E-state index in [0.717, 1.165) is 16.8 Å². The van der Waals surface area contributed by atoms with E-state index in [0.29, 0.717) is 30.8 Å². The number of halogens is 1. The molecule has 3 aromatic rings. The molecule has 0 unspecified atom stereocenters. The number of amides is 3. The Bertz CT molecular complexity index is 1590. The lowest BCUT2D eigenvalue weighted by molar-refractivity contribution is -0.150. The van der Waals surface area contributed by atoms with Crippen LogP contribution in [0.15, 0.2) is 78.9 Å². The second kappa shape index (κ2) is 12.0. The molecular weight excluding hydrogens is 573 g/mol. The first kappa shape index (κ1) is 30.9. The molecule has 0 radical (unpaired) electrons. The van der Waals surface area contributed by atoms with E-state index in [2.05, 4.69) is 0 Å². The van der Waals surface area contributed by atoms with Gasteiger partial charge in [0.2, 0.25) is 11.8 Å². The fourth-order valence-corrected chi connectivity index (χ4v) is 7.47. The number of alkyl halides is 1. The fourth-order valence-electron chi connectivity index (χ4n) is 7.47. The number of β-lactam (4-membered cyclic amide) rings is 1. The Morgan fingerprint density at radius 3 is 2.42 bits per heavy atom. The molecule has 236 valence electrons. The number of carbonyl (C=O) groups excluding carboxylic acids is 3. The zero-order valence-corrected chi connectivity index (χ0v) is 26.0. The van der Waals surface area contributed by atoms with E-state index in [1.54, 1.807) is 14.7 Å². The zero-order chi connectivity index (χ0) is 31.9. The van der Waals surface area contributed by atoms with Crippen molar-refractivity contribution in [3.8, 4) is 0 Å². The highest BCUT2D eigenvalue weighted by Gasteiger charge is 2.66. The van der Waals surface area contributed by atoms with Gasteiger partial charge in [0, 0.05) is 49.1 Å². The highest BCUT2D eigenvalue weighted by molar-refractivity contribution is 6.07. The van der Waals surface area contributed by atoms with Crippen LogP contribution in [-0.2, 0) is 37.8 Å². The van der Waals surface area contributed by atoms with Crippen molar-refractivity contribution in [2.24, 2.45) is 11.8 Å². The van der Waals surface area contributed by atoms with Gasteiger partial charge >= 0.3 is 0 Å². The van der Waals surface area contributed by atoms with Gasteiger partial charge in [0.05, 0.1) is 31.4 Å². The van der Waals surface area contributed by atoms with Crippen LogP contribution in [0.25, 0.3) is 0 Å². The number of nitrogens with zero attached hydrogens (tertiary/aromatic N) is 3. The normalized spacial score (nSPS) is 24.2. The average molecular weight is 614 g/mol. The molecule has 3 aliphatic heterocycles. The molecule has 8 nitrogen and oxygen atoms in total. The molecule has 9 heteroatoms. The quantitative estimate of drug-likeness (QED) is 0.326. The van der Waals surface area contributed by atoms with Crippen LogP contribution in [0, 0.1) is 11.8 Å². The van der Waals surface area contributed by atoms with Crippen LogP contribution in [0.5, 0.6) is 0 Å². The number of rotatable bonds is 10. The van der Waals surface area contributed by atoms with Crippen molar-refractivity contribution in [1.82, 2.24) is 4.90 Å². The molecule has 1 spiro atoms. The summed E-state index contributed by atoms with van der Waals surface area (Å²) in [6.07, 6.45) is -0.472. The smallest absolute Gasteiger partial charge is 0.264 e. The van der Waals surface area contributed by atoms with Crippen molar-refractivity contribution in [2.75, 3.05) is 29.5 Å². The molecule has 45 heavy (non-hydrogen) atoms. The van der Waals surface area contributed by atoms with Crippen molar-refractivity contribution in [3.63, 3.8) is 0 Å². The van der Waals surface area contributed by atoms with E-state index >= 15 is 4.39 Å². The minimum Gasteiger partial charge on any atom is -0.395 e. The van der Waals surface area contributed by atoms with Gasteiger partial charge in [-0.05, 0) is 43.2 Å². The Hall–Kier alpha value is -4.08. The Labute approximate surface area is 263 Å². The summed E-state index contributed by atoms with van der Waals surface area (Å²) in [6, 6.07) is 24.5. The van der Waals surface area contributed by atoms with Gasteiger partial charge in [-0.3, -0.25) is 14.4 Å². The number of ether oxygens (including phenoxy) is 1. The summed E-state index contributed by atoms with van der Waals surface area (Å²) in [5.41, 5.74) is 0.692. The van der Waals surface area contributed by atoms with E-state index in [4.69, 9.17) is 4.74 Å². The molecule has 3 amide bonds. The molecule has 3 heterocycles. The number of aliphatic hydroxyl groups is 1. The molecule has 0 bridgehead atoms. The molecule has 2 fully saturated rings. The predicted octanol–water partition coefficient (Wildman–Crippen LogP) is 4.98. The second-order valence-corrected chi connectivity index (χ2v) is 12.9. The largest absolute Gasteiger partial charge is 0.395 e. The highest BCUT2D eigenvalue weighted by atomic mass is 19.1. The van der Waals surface area contributed by atoms with Gasteiger partial charge in [-0.25, -0.2) is 4.39 Å². The van der Waals surface area contributed by atoms with Gasteiger partial charge in [-0.15, -0.1) is 0 Å². The number of para-hydroxylation sites is 1. The first-order valence-electron chi connectivity index (χ1n) is 15.6. The Balaban J connectivity index is 1.31. The maximum Gasteiger partial charge on any atom is 0.264 e. The first-order valence-corrected chi connectivity index (χ1v) is 15.6. The first-order chi connectivity index (χ1) is 21.5. The van der Waals surface area contributed by atoms with Gasteiger partial charge in [0.25, 0.3) is 5.91 Å². The van der Waals surface area contributed by atoms with Crippen molar-refractivity contribution in [3.05, 3.63) is 95.6 Å². The molecule has 2 saturated heterocycles. The third-order valence-electron chi connectivity index (χ3n) is 9.60. The maximum absolute atomic E-state index is 16.1. The highest BCUT2D eigenvalue weighted by Crippen LogP contribution is 2.58. The van der Waals surface area contributed by atoms with Crippen LogP contribution in [0.4, 0.5) is 15.8 Å². The van der Waals surface area contributed by atoms with E-state index < -0.39 is 29.2 Å². The van der Waals surface area contributed by atoms with Crippen molar-refractivity contribution in [2.45, 2.75) is 64.1 Å². The number of aliphatic hydroxyl groups excluding tert-OH is 1. The Kier molecular flexibility index (Phi) is 8.26. The van der Waals surface area contributed by atoms with Crippen LogP contribution >= 0.6 is 0 Å². The average Bonchev–Trinajstić information content (AvgIpc) is 3.43. The molecule has 0 aliphatic carbocycles. The molecule has 1 N–H and O–H groups in total. The van der Waals surface area contributed by atoms with Gasteiger partial charge in [-0.2, -0.15) is 0 Å². The molecule has 0 saturated carbocycles. The molecular formula is C36H40FN3O5. The van der Waals surface area contributed by atoms with Crippen molar-refractivity contribution in [1.29, 1.82) is 0 Å². The Morgan fingerprint density at radius 2 is 1.76 bits per heavy atom. The number of fused-ring (bicyclic) bond motifs is 2. The fraction of sp³-hybridized carbons (Fsp3) is 0.417. The number of benzene rings is 3. The van der Waals surface area contributed by atoms with Crippen molar-refractivity contribution >= 4 is 29.1 Å². The zero-order valence-electron chi connectivity index (χ0n) is 26.0. The Morgan fingerprint density at radius 1 is 1.04 bits per heavy atom. The minimum absolute atomic E-state index is 0.0728. The van der Waals surface area contributed by atoms with Crippen LogP contribution in [0.2, 0.25) is 0 Å². The third kappa shape index (κ3) is 5.53. The molecule has 6 rings (SSSR count).